The lowest BCUT2D eigenvalue weighted by Gasteiger charge is -2.17. The fourth-order valence-electron chi connectivity index (χ4n) is 1.95. The highest BCUT2D eigenvalue weighted by Crippen LogP contribution is 2.11. The summed E-state index contributed by atoms with van der Waals surface area (Å²) in [4.78, 5) is 25.4. The van der Waals surface area contributed by atoms with Gasteiger partial charge in [0.1, 0.15) is 5.82 Å². The van der Waals surface area contributed by atoms with E-state index in [1.165, 1.54) is 29.2 Å². The predicted octanol–water partition coefficient (Wildman–Crippen LogP) is 2.87. The number of hydrogen-bond donors (Lipinski definition) is 1. The third kappa shape index (κ3) is 5.07. The second-order valence-corrected chi connectivity index (χ2v) is 5.50. The van der Waals surface area contributed by atoms with Crippen LogP contribution >= 0.6 is 11.6 Å². The third-order valence-corrected chi connectivity index (χ3v) is 3.52. The van der Waals surface area contributed by atoms with Gasteiger partial charge in [0.05, 0.1) is 6.54 Å². The lowest BCUT2D eigenvalue weighted by molar-refractivity contribution is -0.129. The molecule has 1 N–H and O–H groups in total. The Bertz CT molecular complexity index is 687. The number of rotatable bonds is 5. The monoisotopic (exact) mass is 334 g/mol. The Morgan fingerprint density at radius 3 is 2.30 bits per heavy atom. The van der Waals surface area contributed by atoms with Crippen LogP contribution in [0, 0.1) is 5.82 Å². The molecule has 4 nitrogen and oxygen atoms in total. The first-order chi connectivity index (χ1) is 11.0. The average Bonchev–Trinajstić information content (AvgIpc) is 2.55. The molecular formula is C17H16ClFN2O2. The van der Waals surface area contributed by atoms with Gasteiger partial charge in [0.25, 0.3) is 5.91 Å². The molecule has 0 saturated heterocycles. The van der Waals surface area contributed by atoms with E-state index in [4.69, 9.17) is 11.6 Å². The predicted molar refractivity (Wildman–Crippen MR) is 86.7 cm³/mol. The highest BCUT2D eigenvalue weighted by atomic mass is 35.5. The van der Waals surface area contributed by atoms with Crippen molar-refractivity contribution in [3.05, 3.63) is 70.5 Å². The molecule has 0 spiro atoms. The topological polar surface area (TPSA) is 49.4 Å². The number of benzene rings is 2. The molecule has 120 valence electrons. The minimum atomic E-state index is -0.418. The normalized spacial score (nSPS) is 10.2. The smallest absolute Gasteiger partial charge is 0.251 e. The van der Waals surface area contributed by atoms with Gasteiger partial charge in [-0.2, -0.15) is 0 Å². The lowest BCUT2D eigenvalue weighted by atomic mass is 10.2. The second-order valence-electron chi connectivity index (χ2n) is 5.07. The van der Waals surface area contributed by atoms with Crippen molar-refractivity contribution in [3.8, 4) is 0 Å². The van der Waals surface area contributed by atoms with Crippen molar-refractivity contribution in [1.29, 1.82) is 0 Å². The van der Waals surface area contributed by atoms with Gasteiger partial charge in [0, 0.05) is 24.2 Å². The largest absolute Gasteiger partial charge is 0.343 e. The highest BCUT2D eigenvalue weighted by molar-refractivity contribution is 6.30. The van der Waals surface area contributed by atoms with Crippen molar-refractivity contribution in [3.63, 3.8) is 0 Å². The molecule has 0 aromatic heterocycles. The van der Waals surface area contributed by atoms with Gasteiger partial charge in [-0.3, -0.25) is 9.59 Å². The fourth-order valence-corrected chi connectivity index (χ4v) is 2.07. The van der Waals surface area contributed by atoms with Crippen LogP contribution in [0.5, 0.6) is 0 Å². The third-order valence-electron chi connectivity index (χ3n) is 3.27. The van der Waals surface area contributed by atoms with Crippen LogP contribution in [0.1, 0.15) is 15.9 Å². The molecule has 0 unspecified atom stereocenters. The van der Waals surface area contributed by atoms with Crippen molar-refractivity contribution in [2.45, 2.75) is 6.54 Å². The first-order valence-corrected chi connectivity index (χ1v) is 7.35. The molecule has 0 bridgehead atoms. The van der Waals surface area contributed by atoms with E-state index in [1.807, 2.05) is 12.1 Å². The molecule has 6 heteroatoms. The van der Waals surface area contributed by atoms with E-state index in [0.29, 0.717) is 17.1 Å². The van der Waals surface area contributed by atoms with Crippen molar-refractivity contribution in [1.82, 2.24) is 10.2 Å². The standard InChI is InChI=1S/C17H16ClFN2O2/c1-21(11-12-2-6-14(18)7-3-12)16(22)10-20-17(23)13-4-8-15(19)9-5-13/h2-9H,10-11H2,1H3,(H,20,23). The van der Waals surface area contributed by atoms with Crippen LogP contribution < -0.4 is 5.32 Å². The quantitative estimate of drug-likeness (QED) is 0.914. The van der Waals surface area contributed by atoms with Crippen molar-refractivity contribution in [2.24, 2.45) is 0 Å². The maximum absolute atomic E-state index is 12.8. The molecule has 2 aromatic rings. The van der Waals surface area contributed by atoms with Gasteiger partial charge in [0.15, 0.2) is 0 Å². The van der Waals surface area contributed by atoms with Gasteiger partial charge in [-0.1, -0.05) is 23.7 Å². The van der Waals surface area contributed by atoms with E-state index in [-0.39, 0.29) is 12.5 Å². The van der Waals surface area contributed by atoms with Crippen molar-refractivity contribution in [2.75, 3.05) is 13.6 Å². The number of amides is 2. The van der Waals surface area contributed by atoms with Crippen LogP contribution in [-0.2, 0) is 11.3 Å². The Morgan fingerprint density at radius 2 is 1.70 bits per heavy atom. The molecule has 23 heavy (non-hydrogen) atoms. The van der Waals surface area contributed by atoms with Crippen LogP contribution in [0.15, 0.2) is 48.5 Å². The van der Waals surface area contributed by atoms with Crippen LogP contribution in [-0.4, -0.2) is 30.3 Å². The van der Waals surface area contributed by atoms with Crippen LogP contribution in [0.3, 0.4) is 0 Å². The first-order valence-electron chi connectivity index (χ1n) is 6.98. The molecule has 2 rings (SSSR count). The molecule has 0 aliphatic carbocycles. The number of likely N-dealkylation sites (N-methyl/N-ethyl adjacent to an activating group) is 1. The first kappa shape index (κ1) is 17.0. The van der Waals surface area contributed by atoms with Gasteiger partial charge in [-0.25, -0.2) is 4.39 Å². The van der Waals surface area contributed by atoms with E-state index in [0.717, 1.165) is 5.56 Å². The number of nitrogens with one attached hydrogen (secondary N) is 1. The van der Waals surface area contributed by atoms with Crippen LogP contribution in [0.2, 0.25) is 5.02 Å². The second kappa shape index (κ2) is 7.74. The molecule has 0 heterocycles. The van der Waals surface area contributed by atoms with E-state index >= 15 is 0 Å². The summed E-state index contributed by atoms with van der Waals surface area (Å²) < 4.78 is 12.8. The molecule has 0 aliphatic rings. The Morgan fingerprint density at radius 1 is 1.09 bits per heavy atom. The number of halogens is 2. The summed E-state index contributed by atoms with van der Waals surface area (Å²) in [5.74, 6) is -1.06. The molecule has 0 saturated carbocycles. The summed E-state index contributed by atoms with van der Waals surface area (Å²) in [6.45, 7) is 0.294. The number of carbonyl (C=O) groups is 2. The summed E-state index contributed by atoms with van der Waals surface area (Å²) >= 11 is 5.81. The van der Waals surface area contributed by atoms with Gasteiger partial charge in [-0.15, -0.1) is 0 Å². The van der Waals surface area contributed by atoms with E-state index in [9.17, 15) is 14.0 Å². The summed E-state index contributed by atoms with van der Waals surface area (Å²) in [5.41, 5.74) is 1.25. The summed E-state index contributed by atoms with van der Waals surface area (Å²) in [6, 6.07) is 12.3. The molecule has 0 radical (unpaired) electrons. The van der Waals surface area contributed by atoms with Gasteiger partial charge >= 0.3 is 0 Å². The van der Waals surface area contributed by atoms with Gasteiger partial charge < -0.3 is 10.2 Å². The molecular weight excluding hydrogens is 319 g/mol. The molecule has 2 aromatic carbocycles. The zero-order valence-corrected chi connectivity index (χ0v) is 13.3. The highest BCUT2D eigenvalue weighted by Gasteiger charge is 2.12. The van der Waals surface area contributed by atoms with E-state index in [2.05, 4.69) is 5.32 Å². The number of carbonyl (C=O) groups excluding carboxylic acids is 2. The molecule has 2 amide bonds. The molecule has 0 atom stereocenters. The molecule has 0 aliphatic heterocycles. The van der Waals surface area contributed by atoms with Gasteiger partial charge in [0.2, 0.25) is 5.91 Å². The maximum atomic E-state index is 12.8. The average molecular weight is 335 g/mol. The SMILES string of the molecule is CN(Cc1ccc(Cl)cc1)C(=O)CNC(=O)c1ccc(F)cc1. The lowest BCUT2D eigenvalue weighted by Crippen LogP contribution is -2.37. The summed E-state index contributed by atoms with van der Waals surface area (Å²) in [7, 11) is 1.65. The number of nitrogens with zero attached hydrogens (tertiary/aromatic N) is 1. The maximum Gasteiger partial charge on any atom is 0.251 e. The Kier molecular flexibility index (Phi) is 5.71. The van der Waals surface area contributed by atoms with Crippen molar-refractivity contribution < 1.29 is 14.0 Å². The zero-order valence-electron chi connectivity index (χ0n) is 12.6. The molecule has 0 fully saturated rings. The minimum Gasteiger partial charge on any atom is -0.343 e. The van der Waals surface area contributed by atoms with Crippen LogP contribution in [0.25, 0.3) is 0 Å². The van der Waals surface area contributed by atoms with Gasteiger partial charge in [-0.05, 0) is 42.0 Å². The summed E-state index contributed by atoms with van der Waals surface area (Å²) in [5, 5.41) is 3.15. The van der Waals surface area contributed by atoms with E-state index < -0.39 is 11.7 Å². The summed E-state index contributed by atoms with van der Waals surface area (Å²) in [6.07, 6.45) is 0. The number of hydrogen-bond acceptors (Lipinski definition) is 2. The van der Waals surface area contributed by atoms with E-state index in [1.54, 1.807) is 19.2 Å². The minimum absolute atomic E-state index is 0.125. The Balaban J connectivity index is 1.84. The van der Waals surface area contributed by atoms with Crippen LogP contribution in [0.4, 0.5) is 4.39 Å². The Labute approximate surface area is 138 Å². The van der Waals surface area contributed by atoms with Crippen molar-refractivity contribution >= 4 is 23.4 Å². The zero-order chi connectivity index (χ0) is 16.8. The Hall–Kier alpha value is -2.40. The fraction of sp³-hybridized carbons (Fsp3) is 0.176.